The predicted molar refractivity (Wildman–Crippen MR) is 70.4 cm³/mol. The molecule has 3 heteroatoms. The van der Waals surface area contributed by atoms with Crippen LogP contribution >= 0.6 is 0 Å². The Morgan fingerprint density at radius 2 is 2.00 bits per heavy atom. The largest absolute Gasteiger partial charge is 0.496 e. The summed E-state index contributed by atoms with van der Waals surface area (Å²) >= 11 is 0. The van der Waals surface area contributed by atoms with E-state index in [2.05, 4.69) is 25.2 Å². The minimum absolute atomic E-state index is 0.601. The van der Waals surface area contributed by atoms with Gasteiger partial charge in [0.25, 0.3) is 0 Å². The van der Waals surface area contributed by atoms with Crippen LogP contribution in [-0.2, 0) is 11.3 Å². The monoisotopic (exact) mass is 237 g/mol. The van der Waals surface area contributed by atoms with Gasteiger partial charge in [0.1, 0.15) is 5.75 Å². The van der Waals surface area contributed by atoms with Crippen molar-refractivity contribution in [2.75, 3.05) is 26.9 Å². The molecule has 0 aliphatic rings. The summed E-state index contributed by atoms with van der Waals surface area (Å²) in [5.41, 5.74) is 1.18. The second-order valence-electron chi connectivity index (χ2n) is 4.46. The highest BCUT2D eigenvalue weighted by atomic mass is 16.5. The van der Waals surface area contributed by atoms with Crippen LogP contribution in [0.3, 0.4) is 0 Å². The summed E-state index contributed by atoms with van der Waals surface area (Å²) in [6, 6.07) is 8.05. The van der Waals surface area contributed by atoms with Crippen molar-refractivity contribution in [3.8, 4) is 5.75 Å². The normalized spacial score (nSPS) is 10.8. The fourth-order valence-corrected chi connectivity index (χ4v) is 1.54. The molecule has 0 spiro atoms. The molecule has 17 heavy (non-hydrogen) atoms. The van der Waals surface area contributed by atoms with Gasteiger partial charge in [0.15, 0.2) is 0 Å². The number of rotatable bonds is 8. The van der Waals surface area contributed by atoms with E-state index in [1.165, 1.54) is 5.56 Å². The third-order valence-corrected chi connectivity index (χ3v) is 2.38. The second kappa shape index (κ2) is 8.09. The van der Waals surface area contributed by atoms with E-state index in [-0.39, 0.29) is 0 Å². The van der Waals surface area contributed by atoms with Crippen molar-refractivity contribution >= 4 is 0 Å². The highest BCUT2D eigenvalue weighted by Gasteiger charge is 2.00. The van der Waals surface area contributed by atoms with Gasteiger partial charge in [-0.2, -0.15) is 0 Å². The first-order valence-corrected chi connectivity index (χ1v) is 6.14. The average molecular weight is 237 g/mol. The Kier molecular flexibility index (Phi) is 6.67. The fraction of sp³-hybridized carbons (Fsp3) is 0.571. The number of hydrogen-bond acceptors (Lipinski definition) is 3. The Bertz CT molecular complexity index is 313. The molecule has 96 valence electrons. The van der Waals surface area contributed by atoms with E-state index in [1.54, 1.807) is 7.11 Å². The van der Waals surface area contributed by atoms with Crippen LogP contribution in [0, 0.1) is 5.92 Å². The lowest BCUT2D eigenvalue weighted by molar-refractivity contribution is 0.111. The van der Waals surface area contributed by atoms with Crippen LogP contribution in [0.1, 0.15) is 19.4 Å². The van der Waals surface area contributed by atoms with Gasteiger partial charge in [0, 0.05) is 25.3 Å². The van der Waals surface area contributed by atoms with Crippen LogP contribution in [0.25, 0.3) is 0 Å². The lowest BCUT2D eigenvalue weighted by atomic mass is 10.2. The van der Waals surface area contributed by atoms with Crippen molar-refractivity contribution in [1.29, 1.82) is 0 Å². The van der Waals surface area contributed by atoms with Crippen LogP contribution in [0.2, 0.25) is 0 Å². The quantitative estimate of drug-likeness (QED) is 0.704. The van der Waals surface area contributed by atoms with Crippen LogP contribution in [0.5, 0.6) is 5.75 Å². The van der Waals surface area contributed by atoms with E-state index >= 15 is 0 Å². The molecule has 1 aromatic carbocycles. The summed E-state index contributed by atoms with van der Waals surface area (Å²) in [5, 5.41) is 3.35. The molecule has 1 N–H and O–H groups in total. The summed E-state index contributed by atoms with van der Waals surface area (Å²) < 4.78 is 10.8. The second-order valence-corrected chi connectivity index (χ2v) is 4.46. The van der Waals surface area contributed by atoms with Crippen molar-refractivity contribution in [3.63, 3.8) is 0 Å². The average Bonchev–Trinajstić information content (AvgIpc) is 2.33. The Balaban J connectivity index is 2.17. The van der Waals surface area contributed by atoms with Crippen molar-refractivity contribution in [3.05, 3.63) is 29.8 Å². The van der Waals surface area contributed by atoms with E-state index in [4.69, 9.17) is 9.47 Å². The SMILES string of the molecule is COc1ccccc1CNCCOCC(C)C. The van der Waals surface area contributed by atoms with Gasteiger partial charge in [-0.15, -0.1) is 0 Å². The molecule has 1 rings (SSSR count). The maximum absolute atomic E-state index is 5.50. The number of methoxy groups -OCH3 is 1. The number of hydrogen-bond donors (Lipinski definition) is 1. The van der Waals surface area contributed by atoms with Crippen LogP contribution in [-0.4, -0.2) is 26.9 Å². The minimum Gasteiger partial charge on any atom is -0.496 e. The Hall–Kier alpha value is -1.06. The lowest BCUT2D eigenvalue weighted by Crippen LogP contribution is -2.20. The van der Waals surface area contributed by atoms with Crippen LogP contribution in [0.15, 0.2) is 24.3 Å². The molecule has 0 bridgehead atoms. The molecule has 1 aromatic rings. The minimum atomic E-state index is 0.601. The first-order valence-electron chi connectivity index (χ1n) is 6.14. The summed E-state index contributed by atoms with van der Waals surface area (Å²) in [4.78, 5) is 0. The molecule has 0 amide bonds. The topological polar surface area (TPSA) is 30.5 Å². The zero-order chi connectivity index (χ0) is 12.5. The molecule has 0 fully saturated rings. The van der Waals surface area contributed by atoms with Gasteiger partial charge in [-0.1, -0.05) is 32.0 Å². The van der Waals surface area contributed by atoms with Gasteiger partial charge in [0.2, 0.25) is 0 Å². The smallest absolute Gasteiger partial charge is 0.123 e. The van der Waals surface area contributed by atoms with Gasteiger partial charge >= 0.3 is 0 Å². The van der Waals surface area contributed by atoms with Crippen molar-refractivity contribution in [2.45, 2.75) is 20.4 Å². The fourth-order valence-electron chi connectivity index (χ4n) is 1.54. The van der Waals surface area contributed by atoms with Crippen molar-refractivity contribution in [1.82, 2.24) is 5.32 Å². The molecule has 0 radical (unpaired) electrons. The summed E-state index contributed by atoms with van der Waals surface area (Å²) in [6.07, 6.45) is 0. The number of benzene rings is 1. The van der Waals surface area contributed by atoms with Crippen LogP contribution < -0.4 is 10.1 Å². The third-order valence-electron chi connectivity index (χ3n) is 2.38. The van der Waals surface area contributed by atoms with E-state index < -0.39 is 0 Å². The number of para-hydroxylation sites is 1. The summed E-state index contributed by atoms with van der Waals surface area (Å²) in [6.45, 7) is 7.58. The van der Waals surface area contributed by atoms with Gasteiger partial charge in [-0.05, 0) is 12.0 Å². The Labute approximate surface area is 104 Å². The zero-order valence-electron chi connectivity index (χ0n) is 11.0. The lowest BCUT2D eigenvalue weighted by Gasteiger charge is -2.10. The van der Waals surface area contributed by atoms with Crippen LogP contribution in [0.4, 0.5) is 0 Å². The van der Waals surface area contributed by atoms with Crippen molar-refractivity contribution < 1.29 is 9.47 Å². The highest BCUT2D eigenvalue weighted by Crippen LogP contribution is 2.16. The predicted octanol–water partition coefficient (Wildman–Crippen LogP) is 2.46. The zero-order valence-corrected chi connectivity index (χ0v) is 11.0. The molecule has 0 aliphatic heterocycles. The molecule has 0 unspecified atom stereocenters. The standard InChI is InChI=1S/C14H23NO2/c1-12(2)11-17-9-8-15-10-13-6-4-5-7-14(13)16-3/h4-7,12,15H,8-11H2,1-3H3. The Morgan fingerprint density at radius 1 is 1.24 bits per heavy atom. The molecule has 0 saturated carbocycles. The summed E-state index contributed by atoms with van der Waals surface area (Å²) in [5.74, 6) is 1.53. The van der Waals surface area contributed by atoms with Gasteiger partial charge in [0.05, 0.1) is 13.7 Å². The van der Waals surface area contributed by atoms with Crippen molar-refractivity contribution in [2.24, 2.45) is 5.92 Å². The molecule has 3 nitrogen and oxygen atoms in total. The van der Waals surface area contributed by atoms with Gasteiger partial charge in [-0.25, -0.2) is 0 Å². The molecule has 0 heterocycles. The molecular formula is C14H23NO2. The number of ether oxygens (including phenoxy) is 2. The molecule has 0 aromatic heterocycles. The summed E-state index contributed by atoms with van der Waals surface area (Å²) in [7, 11) is 1.70. The van der Waals surface area contributed by atoms with Gasteiger partial charge in [-0.3, -0.25) is 0 Å². The maximum atomic E-state index is 5.50. The van der Waals surface area contributed by atoms with E-state index in [0.717, 1.165) is 32.1 Å². The first kappa shape index (κ1) is 14.0. The number of nitrogens with one attached hydrogen (secondary N) is 1. The van der Waals surface area contributed by atoms with E-state index in [0.29, 0.717) is 5.92 Å². The molecular weight excluding hydrogens is 214 g/mol. The highest BCUT2D eigenvalue weighted by molar-refractivity contribution is 5.32. The third kappa shape index (κ3) is 5.71. The van der Waals surface area contributed by atoms with E-state index in [1.807, 2.05) is 18.2 Å². The van der Waals surface area contributed by atoms with E-state index in [9.17, 15) is 0 Å². The van der Waals surface area contributed by atoms with Gasteiger partial charge < -0.3 is 14.8 Å². The first-order chi connectivity index (χ1) is 8.24. The molecule has 0 atom stereocenters. The maximum Gasteiger partial charge on any atom is 0.123 e. The molecule has 0 aliphatic carbocycles. The molecule has 0 saturated heterocycles. The Morgan fingerprint density at radius 3 is 2.71 bits per heavy atom.